The van der Waals surface area contributed by atoms with E-state index in [1.54, 1.807) is 24.5 Å². The van der Waals surface area contributed by atoms with Crippen molar-refractivity contribution in [2.45, 2.75) is 19.9 Å². The third kappa shape index (κ3) is 1.93. The van der Waals surface area contributed by atoms with Crippen molar-refractivity contribution in [1.29, 1.82) is 0 Å². The van der Waals surface area contributed by atoms with Crippen molar-refractivity contribution in [3.05, 3.63) is 45.4 Å². The number of hydrogen-bond acceptors (Lipinski definition) is 4. The Labute approximate surface area is 113 Å². The number of aryl methyl sites for hydroxylation is 1. The molecule has 0 saturated carbocycles. The highest BCUT2D eigenvalue weighted by molar-refractivity contribution is 5.75. The van der Waals surface area contributed by atoms with Gasteiger partial charge >= 0.3 is 5.69 Å². The molecule has 0 fully saturated rings. The Morgan fingerprint density at radius 3 is 2.65 bits per heavy atom. The van der Waals surface area contributed by atoms with E-state index in [1.165, 1.54) is 4.57 Å². The van der Waals surface area contributed by atoms with Gasteiger partial charge in [-0.15, -0.1) is 0 Å². The maximum atomic E-state index is 11.8. The highest BCUT2D eigenvalue weighted by atomic mass is 16.2. The van der Waals surface area contributed by atoms with Gasteiger partial charge in [0.05, 0.1) is 0 Å². The minimum Gasteiger partial charge on any atom is -0.332 e. The third-order valence-electron chi connectivity index (χ3n) is 3.03. The van der Waals surface area contributed by atoms with E-state index in [4.69, 9.17) is 0 Å². The number of H-pyrrole nitrogens is 2. The summed E-state index contributed by atoms with van der Waals surface area (Å²) in [5.74, 6) is 0.545. The number of fused-ring (bicyclic) bond motifs is 1. The predicted octanol–water partition coefficient (Wildman–Crippen LogP) is 0.885. The molecule has 3 rings (SSSR count). The molecular weight excluding hydrogens is 258 g/mol. The van der Waals surface area contributed by atoms with Crippen molar-refractivity contribution in [3.8, 4) is 11.4 Å². The lowest BCUT2D eigenvalue weighted by molar-refractivity contribution is 0.653. The van der Waals surface area contributed by atoms with Crippen molar-refractivity contribution in [2.75, 3.05) is 0 Å². The van der Waals surface area contributed by atoms with Crippen molar-refractivity contribution < 1.29 is 0 Å². The van der Waals surface area contributed by atoms with E-state index in [1.807, 2.05) is 6.92 Å². The first-order valence-corrected chi connectivity index (χ1v) is 6.34. The number of hydrogen-bond donors (Lipinski definition) is 2. The van der Waals surface area contributed by atoms with Crippen LogP contribution in [-0.2, 0) is 6.54 Å². The third-order valence-corrected chi connectivity index (χ3v) is 3.03. The average Bonchev–Trinajstić information content (AvgIpc) is 2.90. The zero-order chi connectivity index (χ0) is 14.1. The van der Waals surface area contributed by atoms with Gasteiger partial charge in [0.1, 0.15) is 11.3 Å². The molecule has 0 aliphatic heterocycles. The largest absolute Gasteiger partial charge is 0.332 e. The van der Waals surface area contributed by atoms with Crippen molar-refractivity contribution in [3.63, 3.8) is 0 Å². The van der Waals surface area contributed by atoms with Crippen LogP contribution in [-0.4, -0.2) is 24.5 Å². The lowest BCUT2D eigenvalue weighted by Gasteiger charge is -2.02. The van der Waals surface area contributed by atoms with Gasteiger partial charge in [-0.25, -0.2) is 9.78 Å². The SMILES string of the molecule is CCCn1c(=O)[nH]c(=O)c2[nH]c(-c3ccncc3)nc21. The zero-order valence-corrected chi connectivity index (χ0v) is 10.9. The van der Waals surface area contributed by atoms with E-state index in [0.29, 0.717) is 23.5 Å². The fourth-order valence-corrected chi connectivity index (χ4v) is 2.12. The summed E-state index contributed by atoms with van der Waals surface area (Å²) in [5.41, 5.74) is 0.616. The van der Waals surface area contributed by atoms with Crippen LogP contribution in [0.2, 0.25) is 0 Å². The second-order valence-electron chi connectivity index (χ2n) is 4.43. The minimum atomic E-state index is -0.454. The second kappa shape index (κ2) is 4.76. The standard InChI is InChI=1S/C13H13N5O2/c1-2-7-18-11-9(12(19)17-13(18)20)15-10(16-11)8-3-5-14-6-4-8/h3-6H,2,7H2,1H3,(H,15,16)(H,17,19,20). The molecule has 0 aromatic carbocycles. The maximum absolute atomic E-state index is 11.8. The van der Waals surface area contributed by atoms with Crippen molar-refractivity contribution >= 4 is 11.2 Å². The molecule has 0 aliphatic rings. The molecule has 0 unspecified atom stereocenters. The Balaban J connectivity index is 2.30. The van der Waals surface area contributed by atoms with Crippen LogP contribution in [0.4, 0.5) is 0 Å². The molecule has 7 nitrogen and oxygen atoms in total. The molecule has 0 radical (unpaired) electrons. The van der Waals surface area contributed by atoms with E-state index < -0.39 is 11.2 Å². The summed E-state index contributed by atoms with van der Waals surface area (Å²) in [6, 6.07) is 3.57. The van der Waals surface area contributed by atoms with Gasteiger partial charge in [-0.3, -0.25) is 19.3 Å². The van der Waals surface area contributed by atoms with Gasteiger partial charge in [-0.05, 0) is 18.6 Å². The number of rotatable bonds is 3. The summed E-state index contributed by atoms with van der Waals surface area (Å²) >= 11 is 0. The van der Waals surface area contributed by atoms with Crippen LogP contribution >= 0.6 is 0 Å². The van der Waals surface area contributed by atoms with Gasteiger partial charge in [-0.2, -0.15) is 0 Å². The smallest absolute Gasteiger partial charge is 0.330 e. The molecule has 0 spiro atoms. The van der Waals surface area contributed by atoms with Gasteiger partial charge in [0, 0.05) is 24.5 Å². The number of nitrogens with one attached hydrogen (secondary N) is 2. The Hall–Kier alpha value is -2.70. The Kier molecular flexibility index (Phi) is 2.94. The van der Waals surface area contributed by atoms with Crippen LogP contribution in [0.15, 0.2) is 34.1 Å². The topological polar surface area (TPSA) is 96.4 Å². The minimum absolute atomic E-state index is 0.310. The first-order chi connectivity index (χ1) is 9.70. The normalized spacial score (nSPS) is 11.1. The monoisotopic (exact) mass is 271 g/mol. The van der Waals surface area contributed by atoms with E-state index in [2.05, 4.69) is 19.9 Å². The highest BCUT2D eigenvalue weighted by Crippen LogP contribution is 2.16. The van der Waals surface area contributed by atoms with Crippen LogP contribution in [0.1, 0.15) is 13.3 Å². The van der Waals surface area contributed by atoms with Gasteiger partial charge in [0.2, 0.25) is 0 Å². The summed E-state index contributed by atoms with van der Waals surface area (Å²) in [5, 5.41) is 0. The van der Waals surface area contributed by atoms with Crippen LogP contribution in [0, 0.1) is 0 Å². The summed E-state index contributed by atoms with van der Waals surface area (Å²) in [4.78, 5) is 37.3. The highest BCUT2D eigenvalue weighted by Gasteiger charge is 2.13. The lowest BCUT2D eigenvalue weighted by Crippen LogP contribution is -2.30. The Bertz CT molecular complexity index is 860. The number of pyridine rings is 1. The van der Waals surface area contributed by atoms with E-state index in [-0.39, 0.29) is 0 Å². The van der Waals surface area contributed by atoms with Crippen molar-refractivity contribution in [1.82, 2.24) is 24.5 Å². The first kappa shape index (κ1) is 12.3. The maximum Gasteiger partial charge on any atom is 0.330 e. The molecule has 3 aromatic heterocycles. The fraction of sp³-hybridized carbons (Fsp3) is 0.231. The summed E-state index contributed by atoms with van der Waals surface area (Å²) in [7, 11) is 0. The van der Waals surface area contributed by atoms with Crippen LogP contribution in [0.25, 0.3) is 22.6 Å². The van der Waals surface area contributed by atoms with Gasteiger partial charge in [-0.1, -0.05) is 6.92 Å². The van der Waals surface area contributed by atoms with Gasteiger partial charge < -0.3 is 4.98 Å². The lowest BCUT2D eigenvalue weighted by atomic mass is 10.3. The predicted molar refractivity (Wildman–Crippen MR) is 74.5 cm³/mol. The van der Waals surface area contributed by atoms with Crippen LogP contribution < -0.4 is 11.2 Å². The average molecular weight is 271 g/mol. The molecule has 3 aromatic rings. The molecule has 0 atom stereocenters. The molecule has 102 valence electrons. The van der Waals surface area contributed by atoms with E-state index in [9.17, 15) is 9.59 Å². The number of nitrogens with zero attached hydrogens (tertiary/aromatic N) is 3. The van der Waals surface area contributed by atoms with Crippen molar-refractivity contribution in [2.24, 2.45) is 0 Å². The second-order valence-corrected chi connectivity index (χ2v) is 4.43. The molecule has 2 N–H and O–H groups in total. The quantitative estimate of drug-likeness (QED) is 0.739. The van der Waals surface area contributed by atoms with Gasteiger partial charge in [0.25, 0.3) is 5.56 Å². The Morgan fingerprint density at radius 2 is 1.95 bits per heavy atom. The number of aromatic nitrogens is 5. The van der Waals surface area contributed by atoms with Crippen LogP contribution in [0.5, 0.6) is 0 Å². The summed E-state index contributed by atoms with van der Waals surface area (Å²) < 4.78 is 1.47. The van der Waals surface area contributed by atoms with Crippen LogP contribution in [0.3, 0.4) is 0 Å². The van der Waals surface area contributed by atoms with Gasteiger partial charge in [0.15, 0.2) is 5.65 Å². The summed E-state index contributed by atoms with van der Waals surface area (Å²) in [6.07, 6.45) is 4.07. The molecule has 3 heterocycles. The first-order valence-electron chi connectivity index (χ1n) is 6.34. The molecular formula is C13H13N5O2. The zero-order valence-electron chi connectivity index (χ0n) is 10.9. The number of imidazole rings is 1. The number of aromatic amines is 2. The molecule has 20 heavy (non-hydrogen) atoms. The summed E-state index contributed by atoms with van der Waals surface area (Å²) in [6.45, 7) is 2.46. The van der Waals surface area contributed by atoms with E-state index in [0.717, 1.165) is 12.0 Å². The fourth-order valence-electron chi connectivity index (χ4n) is 2.12. The Morgan fingerprint density at radius 1 is 1.20 bits per heavy atom. The van der Waals surface area contributed by atoms with E-state index >= 15 is 0 Å². The molecule has 0 aliphatic carbocycles. The molecule has 0 amide bonds. The molecule has 0 bridgehead atoms. The molecule has 0 saturated heterocycles. The molecule has 7 heteroatoms.